The highest BCUT2D eigenvalue weighted by molar-refractivity contribution is 6.29. The molecule has 1 saturated carbocycles. The van der Waals surface area contributed by atoms with E-state index in [0.717, 1.165) is 31.4 Å². The van der Waals surface area contributed by atoms with Crippen molar-refractivity contribution < 1.29 is 9.53 Å². The number of benzene rings is 1. The lowest BCUT2D eigenvalue weighted by Crippen LogP contribution is -2.39. The molecule has 1 aliphatic rings. The minimum absolute atomic E-state index is 0.0703. The van der Waals surface area contributed by atoms with Crippen LogP contribution in [0.4, 0.5) is 0 Å². The van der Waals surface area contributed by atoms with Gasteiger partial charge in [-0.05, 0) is 31.0 Å². The molecular weight excluding hydrogens is 324 g/mol. The Balaban J connectivity index is 1.81. The summed E-state index contributed by atoms with van der Waals surface area (Å²) in [7, 11) is 1.69. The highest BCUT2D eigenvalue weighted by Gasteiger charge is 2.38. The second-order valence-electron chi connectivity index (χ2n) is 6.24. The molecular formula is C19H21ClN2O2. The van der Waals surface area contributed by atoms with Crippen LogP contribution in [-0.2, 0) is 5.41 Å². The summed E-state index contributed by atoms with van der Waals surface area (Å²) in [6, 6.07) is 11.4. The number of methoxy groups -OCH3 is 1. The van der Waals surface area contributed by atoms with Crippen molar-refractivity contribution in [1.29, 1.82) is 0 Å². The van der Waals surface area contributed by atoms with E-state index in [9.17, 15) is 4.79 Å². The van der Waals surface area contributed by atoms with E-state index in [1.807, 2.05) is 18.2 Å². The molecule has 0 bridgehead atoms. The number of hydrogen-bond acceptors (Lipinski definition) is 3. The molecule has 0 radical (unpaired) electrons. The Morgan fingerprint density at radius 2 is 2.04 bits per heavy atom. The number of hydrogen-bond donors (Lipinski definition) is 1. The standard InChI is InChI=1S/C19H21ClN2O2/c1-24-16-7-3-2-6-15(16)19(9-4-5-10-19)13-22-18(23)14-8-11-21-17(20)12-14/h2-3,6-8,11-12H,4-5,9-10,13H2,1H3,(H,22,23). The predicted molar refractivity (Wildman–Crippen MR) is 94.7 cm³/mol. The van der Waals surface area contributed by atoms with Gasteiger partial charge in [-0.25, -0.2) is 4.98 Å². The van der Waals surface area contributed by atoms with Crippen molar-refractivity contribution in [2.75, 3.05) is 13.7 Å². The molecule has 1 aromatic heterocycles. The van der Waals surface area contributed by atoms with E-state index in [1.54, 1.807) is 25.4 Å². The number of rotatable bonds is 5. The minimum atomic E-state index is -0.125. The molecule has 1 heterocycles. The molecule has 24 heavy (non-hydrogen) atoms. The van der Waals surface area contributed by atoms with Crippen LogP contribution in [0.5, 0.6) is 5.75 Å². The molecule has 1 N–H and O–H groups in total. The smallest absolute Gasteiger partial charge is 0.251 e. The van der Waals surface area contributed by atoms with Gasteiger partial charge in [-0.15, -0.1) is 0 Å². The molecule has 126 valence electrons. The third-order valence-corrected chi connectivity index (χ3v) is 5.02. The van der Waals surface area contributed by atoms with Crippen molar-refractivity contribution in [3.05, 3.63) is 58.9 Å². The normalized spacial score (nSPS) is 15.9. The molecule has 0 aliphatic heterocycles. The van der Waals surface area contributed by atoms with E-state index in [1.165, 1.54) is 5.56 Å². The van der Waals surface area contributed by atoms with E-state index in [-0.39, 0.29) is 11.3 Å². The van der Waals surface area contributed by atoms with Gasteiger partial charge in [0.1, 0.15) is 10.9 Å². The number of nitrogens with one attached hydrogen (secondary N) is 1. The van der Waals surface area contributed by atoms with Crippen LogP contribution in [0.1, 0.15) is 41.6 Å². The zero-order valence-electron chi connectivity index (χ0n) is 13.7. The molecule has 4 nitrogen and oxygen atoms in total. The molecule has 1 aliphatic carbocycles. The van der Waals surface area contributed by atoms with Gasteiger partial charge in [0.2, 0.25) is 0 Å². The van der Waals surface area contributed by atoms with Crippen LogP contribution >= 0.6 is 11.6 Å². The first-order chi connectivity index (χ1) is 11.6. The Labute approximate surface area is 147 Å². The van der Waals surface area contributed by atoms with Crippen LogP contribution in [0.25, 0.3) is 0 Å². The minimum Gasteiger partial charge on any atom is -0.496 e. The van der Waals surface area contributed by atoms with E-state index < -0.39 is 0 Å². The summed E-state index contributed by atoms with van der Waals surface area (Å²) in [4.78, 5) is 16.4. The first-order valence-corrected chi connectivity index (χ1v) is 8.56. The van der Waals surface area contributed by atoms with Gasteiger partial charge in [0.05, 0.1) is 7.11 Å². The Hall–Kier alpha value is -2.07. The largest absolute Gasteiger partial charge is 0.496 e. The molecule has 5 heteroatoms. The fourth-order valence-corrected chi connectivity index (χ4v) is 3.75. The van der Waals surface area contributed by atoms with E-state index >= 15 is 0 Å². The average molecular weight is 345 g/mol. The summed E-state index contributed by atoms with van der Waals surface area (Å²) >= 11 is 5.87. The Morgan fingerprint density at radius 3 is 2.75 bits per heavy atom. The number of pyridine rings is 1. The number of ether oxygens (including phenoxy) is 1. The Morgan fingerprint density at radius 1 is 1.29 bits per heavy atom. The number of halogens is 1. The fraction of sp³-hybridized carbons (Fsp3) is 0.368. The topological polar surface area (TPSA) is 51.2 Å². The maximum Gasteiger partial charge on any atom is 0.251 e. The number of amides is 1. The monoisotopic (exact) mass is 344 g/mol. The van der Waals surface area contributed by atoms with Crippen LogP contribution in [0, 0.1) is 0 Å². The molecule has 0 saturated heterocycles. The fourth-order valence-electron chi connectivity index (χ4n) is 3.57. The molecule has 1 fully saturated rings. The molecule has 3 rings (SSSR count). The van der Waals surface area contributed by atoms with Crippen molar-refractivity contribution in [1.82, 2.24) is 10.3 Å². The summed E-state index contributed by atoms with van der Waals surface area (Å²) in [5.41, 5.74) is 1.64. The number of aromatic nitrogens is 1. The summed E-state index contributed by atoms with van der Waals surface area (Å²) in [6.07, 6.45) is 5.96. The Kier molecular flexibility index (Phi) is 5.05. The number of para-hydroxylation sites is 1. The van der Waals surface area contributed by atoms with Gasteiger partial charge < -0.3 is 10.1 Å². The number of carbonyl (C=O) groups excluding carboxylic acids is 1. The number of nitrogens with zero attached hydrogens (tertiary/aromatic N) is 1. The molecule has 0 atom stereocenters. The van der Waals surface area contributed by atoms with E-state index in [4.69, 9.17) is 16.3 Å². The SMILES string of the molecule is COc1ccccc1C1(CNC(=O)c2ccnc(Cl)c2)CCCC1. The Bertz CT molecular complexity index is 727. The van der Waals surface area contributed by atoms with Gasteiger partial charge in [-0.1, -0.05) is 42.6 Å². The second-order valence-corrected chi connectivity index (χ2v) is 6.62. The van der Waals surface area contributed by atoms with Crippen molar-refractivity contribution in [3.63, 3.8) is 0 Å². The maximum atomic E-state index is 12.5. The maximum absolute atomic E-state index is 12.5. The molecule has 1 amide bonds. The van der Waals surface area contributed by atoms with Gasteiger partial charge in [-0.2, -0.15) is 0 Å². The van der Waals surface area contributed by atoms with E-state index in [0.29, 0.717) is 17.3 Å². The van der Waals surface area contributed by atoms with Gasteiger partial charge in [0.25, 0.3) is 5.91 Å². The zero-order chi connectivity index (χ0) is 17.0. The van der Waals surface area contributed by atoms with Crippen LogP contribution in [0.2, 0.25) is 5.15 Å². The molecule has 2 aromatic rings. The quantitative estimate of drug-likeness (QED) is 0.834. The van der Waals surface area contributed by atoms with Crippen molar-refractivity contribution in [2.45, 2.75) is 31.1 Å². The van der Waals surface area contributed by atoms with Crippen LogP contribution in [-0.4, -0.2) is 24.5 Å². The first kappa shape index (κ1) is 16.8. The lowest BCUT2D eigenvalue weighted by atomic mass is 9.78. The summed E-state index contributed by atoms with van der Waals surface area (Å²) < 4.78 is 5.55. The molecule has 1 aromatic carbocycles. The number of carbonyl (C=O) groups is 1. The zero-order valence-corrected chi connectivity index (χ0v) is 14.5. The lowest BCUT2D eigenvalue weighted by molar-refractivity contribution is 0.0942. The summed E-state index contributed by atoms with van der Waals surface area (Å²) in [5, 5.41) is 3.40. The van der Waals surface area contributed by atoms with Crippen LogP contribution < -0.4 is 10.1 Å². The van der Waals surface area contributed by atoms with Crippen molar-refractivity contribution in [2.24, 2.45) is 0 Å². The molecule has 0 spiro atoms. The summed E-state index contributed by atoms with van der Waals surface area (Å²) in [6.45, 7) is 0.589. The summed E-state index contributed by atoms with van der Waals surface area (Å²) in [5.74, 6) is 0.765. The third kappa shape index (κ3) is 3.39. The van der Waals surface area contributed by atoms with Crippen molar-refractivity contribution in [3.8, 4) is 5.75 Å². The predicted octanol–water partition coefficient (Wildman–Crippen LogP) is 3.99. The van der Waals surface area contributed by atoms with Gasteiger partial charge in [0.15, 0.2) is 0 Å². The van der Waals surface area contributed by atoms with Crippen LogP contribution in [0.15, 0.2) is 42.6 Å². The van der Waals surface area contributed by atoms with E-state index in [2.05, 4.69) is 16.4 Å². The average Bonchev–Trinajstić information content (AvgIpc) is 3.09. The third-order valence-electron chi connectivity index (χ3n) is 4.82. The van der Waals surface area contributed by atoms with Gasteiger partial charge in [-0.3, -0.25) is 4.79 Å². The lowest BCUT2D eigenvalue weighted by Gasteiger charge is -2.31. The first-order valence-electron chi connectivity index (χ1n) is 8.18. The highest BCUT2D eigenvalue weighted by Crippen LogP contribution is 2.44. The van der Waals surface area contributed by atoms with Gasteiger partial charge in [0, 0.05) is 29.3 Å². The highest BCUT2D eigenvalue weighted by atomic mass is 35.5. The van der Waals surface area contributed by atoms with Gasteiger partial charge >= 0.3 is 0 Å². The van der Waals surface area contributed by atoms with Crippen molar-refractivity contribution >= 4 is 17.5 Å². The van der Waals surface area contributed by atoms with Crippen LogP contribution in [0.3, 0.4) is 0 Å². The second kappa shape index (κ2) is 7.22. The molecule has 0 unspecified atom stereocenters.